The van der Waals surface area contributed by atoms with Crippen LogP contribution in [0.3, 0.4) is 0 Å². The standard InChI is InChI=1S/C18H18F3N5O/c19-18(20,21)11-3-4-14(27)12(6-11)17-25-15(13(8-23)16(24)26-17)10-2-1-9(5-10)7-22/h3-4,6,9-10,27H,1-2,5,7,22H2,(H2,24,25,26). The van der Waals surface area contributed by atoms with Crippen LogP contribution in [-0.2, 0) is 6.18 Å². The van der Waals surface area contributed by atoms with Crippen molar-refractivity contribution >= 4 is 5.82 Å². The fraction of sp³-hybridized carbons (Fsp3) is 0.389. The highest BCUT2D eigenvalue weighted by atomic mass is 19.4. The van der Waals surface area contributed by atoms with Crippen LogP contribution in [0.4, 0.5) is 19.0 Å². The number of nitriles is 1. The molecule has 9 heteroatoms. The first-order valence-corrected chi connectivity index (χ1v) is 8.42. The van der Waals surface area contributed by atoms with Gasteiger partial charge in [-0.15, -0.1) is 0 Å². The zero-order valence-electron chi connectivity index (χ0n) is 14.3. The number of aromatic nitrogens is 2. The highest BCUT2D eigenvalue weighted by Crippen LogP contribution is 2.41. The van der Waals surface area contributed by atoms with Crippen LogP contribution >= 0.6 is 0 Å². The number of hydrogen-bond acceptors (Lipinski definition) is 6. The van der Waals surface area contributed by atoms with E-state index in [0.29, 0.717) is 18.2 Å². The van der Waals surface area contributed by atoms with Crippen LogP contribution < -0.4 is 11.5 Å². The molecule has 1 aliphatic rings. The fourth-order valence-corrected chi connectivity index (χ4v) is 3.46. The Labute approximate surface area is 153 Å². The van der Waals surface area contributed by atoms with Gasteiger partial charge in [0.2, 0.25) is 0 Å². The molecule has 6 nitrogen and oxygen atoms in total. The summed E-state index contributed by atoms with van der Waals surface area (Å²) in [6.45, 7) is 0.514. The molecule has 0 bridgehead atoms. The summed E-state index contributed by atoms with van der Waals surface area (Å²) >= 11 is 0. The van der Waals surface area contributed by atoms with Gasteiger partial charge >= 0.3 is 6.18 Å². The number of aromatic hydroxyl groups is 1. The minimum Gasteiger partial charge on any atom is -0.507 e. The molecule has 0 saturated heterocycles. The van der Waals surface area contributed by atoms with Crippen LogP contribution in [0.1, 0.15) is 42.0 Å². The summed E-state index contributed by atoms with van der Waals surface area (Å²) in [5, 5.41) is 19.5. The summed E-state index contributed by atoms with van der Waals surface area (Å²) in [6.07, 6.45) is -2.24. The van der Waals surface area contributed by atoms with E-state index < -0.39 is 17.5 Å². The van der Waals surface area contributed by atoms with E-state index in [9.17, 15) is 23.5 Å². The molecule has 0 spiro atoms. The van der Waals surface area contributed by atoms with Crippen LogP contribution in [0.5, 0.6) is 5.75 Å². The number of rotatable bonds is 3. The molecule has 2 atom stereocenters. The van der Waals surface area contributed by atoms with Crippen molar-refractivity contribution < 1.29 is 18.3 Å². The van der Waals surface area contributed by atoms with E-state index in [-0.39, 0.29) is 28.7 Å². The van der Waals surface area contributed by atoms with E-state index in [2.05, 4.69) is 9.97 Å². The lowest BCUT2D eigenvalue weighted by atomic mass is 9.97. The maximum Gasteiger partial charge on any atom is 0.416 e. The van der Waals surface area contributed by atoms with Gasteiger partial charge < -0.3 is 16.6 Å². The zero-order chi connectivity index (χ0) is 19.8. The van der Waals surface area contributed by atoms with Crippen molar-refractivity contribution in [2.75, 3.05) is 12.3 Å². The van der Waals surface area contributed by atoms with Gasteiger partial charge in [0.05, 0.1) is 16.8 Å². The topological polar surface area (TPSA) is 122 Å². The third-order valence-corrected chi connectivity index (χ3v) is 4.90. The van der Waals surface area contributed by atoms with Crippen molar-refractivity contribution in [3.63, 3.8) is 0 Å². The van der Waals surface area contributed by atoms with Gasteiger partial charge in [-0.25, -0.2) is 9.97 Å². The first-order valence-electron chi connectivity index (χ1n) is 8.42. The Balaban J connectivity index is 2.12. The molecule has 0 aliphatic heterocycles. The number of hydrogen-bond donors (Lipinski definition) is 3. The minimum atomic E-state index is -4.58. The summed E-state index contributed by atoms with van der Waals surface area (Å²) < 4.78 is 39.1. The number of nitrogens with two attached hydrogens (primary N) is 2. The maximum absolute atomic E-state index is 13.0. The molecule has 3 rings (SSSR count). The highest BCUT2D eigenvalue weighted by molar-refractivity contribution is 5.68. The molecule has 1 heterocycles. The van der Waals surface area contributed by atoms with E-state index in [4.69, 9.17) is 11.5 Å². The molecule has 0 radical (unpaired) electrons. The van der Waals surface area contributed by atoms with Crippen molar-refractivity contribution in [3.8, 4) is 23.2 Å². The second-order valence-electron chi connectivity index (χ2n) is 6.65. The van der Waals surface area contributed by atoms with Gasteiger partial charge in [-0.1, -0.05) is 0 Å². The van der Waals surface area contributed by atoms with Crippen molar-refractivity contribution in [2.45, 2.75) is 31.4 Å². The molecule has 1 aromatic carbocycles. The first-order chi connectivity index (χ1) is 12.7. The molecule has 2 unspecified atom stereocenters. The fourth-order valence-electron chi connectivity index (χ4n) is 3.46. The summed E-state index contributed by atoms with van der Waals surface area (Å²) in [5.74, 6) is -0.440. The number of phenols is 1. The molecule has 27 heavy (non-hydrogen) atoms. The van der Waals surface area contributed by atoms with E-state index in [1.165, 1.54) is 0 Å². The Kier molecular flexibility index (Phi) is 4.93. The van der Waals surface area contributed by atoms with E-state index in [0.717, 1.165) is 37.5 Å². The third kappa shape index (κ3) is 3.66. The van der Waals surface area contributed by atoms with Crippen molar-refractivity contribution in [2.24, 2.45) is 11.7 Å². The molecule has 1 saturated carbocycles. The number of alkyl halides is 3. The van der Waals surface area contributed by atoms with Gasteiger partial charge in [0.15, 0.2) is 5.82 Å². The van der Waals surface area contributed by atoms with Crippen LogP contribution in [0.25, 0.3) is 11.4 Å². The predicted molar refractivity (Wildman–Crippen MR) is 92.4 cm³/mol. The number of anilines is 1. The largest absolute Gasteiger partial charge is 0.507 e. The van der Waals surface area contributed by atoms with Gasteiger partial charge in [0.1, 0.15) is 23.2 Å². The average Bonchev–Trinajstić information content (AvgIpc) is 3.09. The van der Waals surface area contributed by atoms with Crippen LogP contribution in [0.15, 0.2) is 18.2 Å². The van der Waals surface area contributed by atoms with Gasteiger partial charge in [-0.2, -0.15) is 18.4 Å². The summed E-state index contributed by atoms with van der Waals surface area (Å²) in [7, 11) is 0. The molecule has 1 aliphatic carbocycles. The van der Waals surface area contributed by atoms with Gasteiger partial charge in [-0.05, 0) is 49.9 Å². The lowest BCUT2D eigenvalue weighted by Gasteiger charge is -2.15. The van der Waals surface area contributed by atoms with E-state index >= 15 is 0 Å². The molecular weight excluding hydrogens is 359 g/mol. The zero-order valence-corrected chi connectivity index (χ0v) is 14.3. The molecule has 142 valence electrons. The molecular formula is C18H18F3N5O. The van der Waals surface area contributed by atoms with Crippen molar-refractivity contribution in [1.29, 1.82) is 5.26 Å². The molecule has 1 aromatic heterocycles. The molecule has 5 N–H and O–H groups in total. The van der Waals surface area contributed by atoms with Crippen LogP contribution in [-0.4, -0.2) is 21.6 Å². The molecule has 0 amide bonds. The monoisotopic (exact) mass is 377 g/mol. The Morgan fingerprint density at radius 3 is 2.59 bits per heavy atom. The number of halogens is 3. The maximum atomic E-state index is 13.0. The lowest BCUT2D eigenvalue weighted by molar-refractivity contribution is -0.137. The number of nitrogen functional groups attached to an aromatic ring is 1. The predicted octanol–water partition coefficient (Wildman–Crippen LogP) is 3.16. The second kappa shape index (κ2) is 7.04. The van der Waals surface area contributed by atoms with Gasteiger partial charge in [0.25, 0.3) is 0 Å². The Morgan fingerprint density at radius 1 is 1.26 bits per heavy atom. The van der Waals surface area contributed by atoms with E-state index in [1.807, 2.05) is 6.07 Å². The Morgan fingerprint density at radius 2 is 2.00 bits per heavy atom. The van der Waals surface area contributed by atoms with Crippen LogP contribution in [0, 0.1) is 17.2 Å². The first kappa shape index (κ1) is 18.9. The van der Waals surface area contributed by atoms with Gasteiger partial charge in [0, 0.05) is 5.92 Å². The quantitative estimate of drug-likeness (QED) is 0.755. The lowest BCUT2D eigenvalue weighted by Crippen LogP contribution is -2.12. The summed E-state index contributed by atoms with van der Waals surface area (Å²) in [6, 6.07) is 4.47. The Hall–Kier alpha value is -2.86. The molecule has 1 fully saturated rings. The van der Waals surface area contributed by atoms with Gasteiger partial charge in [-0.3, -0.25) is 0 Å². The smallest absolute Gasteiger partial charge is 0.416 e. The highest BCUT2D eigenvalue weighted by Gasteiger charge is 2.33. The van der Waals surface area contributed by atoms with Crippen LogP contribution in [0.2, 0.25) is 0 Å². The normalized spacial score (nSPS) is 19.8. The number of phenolic OH excluding ortho intramolecular Hbond substituents is 1. The van der Waals surface area contributed by atoms with E-state index in [1.54, 1.807) is 0 Å². The molecule has 2 aromatic rings. The van der Waals surface area contributed by atoms with Crippen molar-refractivity contribution in [3.05, 3.63) is 35.0 Å². The average molecular weight is 377 g/mol. The minimum absolute atomic E-state index is 0.0785. The van der Waals surface area contributed by atoms with Crippen molar-refractivity contribution in [1.82, 2.24) is 9.97 Å². The SMILES string of the molecule is N#Cc1c(N)nc(-c2cc(C(F)(F)F)ccc2O)nc1C1CCC(CN)C1. The summed E-state index contributed by atoms with van der Waals surface area (Å²) in [4.78, 5) is 8.29. The Bertz CT molecular complexity index is 907. The second-order valence-corrected chi connectivity index (χ2v) is 6.65. The summed E-state index contributed by atoms with van der Waals surface area (Å²) in [5.41, 5.74) is 11.0. The number of nitrogens with zero attached hydrogens (tertiary/aromatic N) is 3. The third-order valence-electron chi connectivity index (χ3n) is 4.90. The number of benzene rings is 1.